The third-order valence-corrected chi connectivity index (χ3v) is 5.90. The van der Waals surface area contributed by atoms with E-state index in [9.17, 15) is 22.8 Å². The number of nitrogens with one attached hydrogen (secondary N) is 2. The lowest BCUT2D eigenvalue weighted by molar-refractivity contribution is -0.137. The van der Waals surface area contributed by atoms with Crippen molar-refractivity contribution < 1.29 is 27.5 Å². The van der Waals surface area contributed by atoms with Gasteiger partial charge in [0.2, 0.25) is 11.8 Å². The van der Waals surface area contributed by atoms with Crippen LogP contribution in [0.3, 0.4) is 0 Å². The molecule has 1 fully saturated rings. The molecule has 2 N–H and O–H groups in total. The van der Waals surface area contributed by atoms with E-state index in [0.717, 1.165) is 17.0 Å². The van der Waals surface area contributed by atoms with Gasteiger partial charge in [-0.15, -0.1) is 11.8 Å². The van der Waals surface area contributed by atoms with Crippen molar-refractivity contribution in [2.24, 2.45) is 0 Å². The molecule has 0 spiro atoms. The Hall–Kier alpha value is -2.72. The van der Waals surface area contributed by atoms with E-state index in [0.29, 0.717) is 37.7 Å². The largest absolute Gasteiger partial charge is 0.416 e. The van der Waals surface area contributed by atoms with Crippen molar-refractivity contribution in [2.45, 2.75) is 30.2 Å². The van der Waals surface area contributed by atoms with E-state index in [-0.39, 0.29) is 11.6 Å². The number of rotatable bonds is 6. The fourth-order valence-corrected chi connectivity index (χ4v) is 4.07. The Labute approximate surface area is 188 Å². The summed E-state index contributed by atoms with van der Waals surface area (Å²) < 4.78 is 45.1. The van der Waals surface area contributed by atoms with Crippen molar-refractivity contribution in [1.82, 2.24) is 0 Å². The number of thioether (sulfide) groups is 1. The molecule has 1 saturated heterocycles. The van der Waals surface area contributed by atoms with Gasteiger partial charge in [-0.3, -0.25) is 9.59 Å². The number of amides is 2. The van der Waals surface area contributed by atoms with Crippen LogP contribution in [0.4, 0.5) is 30.2 Å². The normalized spacial score (nSPS) is 15.2. The Morgan fingerprint density at radius 3 is 2.31 bits per heavy atom. The molecule has 1 heterocycles. The molecule has 0 bridgehead atoms. The molecule has 1 atom stereocenters. The van der Waals surface area contributed by atoms with Gasteiger partial charge in [0.15, 0.2) is 0 Å². The van der Waals surface area contributed by atoms with Gasteiger partial charge in [-0.1, -0.05) is 0 Å². The molecule has 2 aromatic rings. The summed E-state index contributed by atoms with van der Waals surface area (Å²) in [5.41, 5.74) is 0.475. The van der Waals surface area contributed by atoms with Crippen molar-refractivity contribution in [2.75, 3.05) is 41.8 Å². The van der Waals surface area contributed by atoms with Crippen LogP contribution in [0.15, 0.2) is 47.4 Å². The fraction of sp³-hybridized carbons (Fsp3) is 0.364. The molecule has 3 rings (SSSR count). The van der Waals surface area contributed by atoms with Crippen LogP contribution in [0.2, 0.25) is 0 Å². The molecule has 0 aliphatic carbocycles. The third kappa shape index (κ3) is 6.39. The molecular weight excluding hydrogens is 443 g/mol. The van der Waals surface area contributed by atoms with Crippen molar-refractivity contribution in [3.63, 3.8) is 0 Å². The zero-order chi connectivity index (χ0) is 23.3. The van der Waals surface area contributed by atoms with Crippen LogP contribution in [-0.2, 0) is 20.5 Å². The standard InChI is InChI=1S/C22H24F3N3O3S/c1-14(32-18-6-4-17(5-7-18)26-15(2)29)21(30)27-19-13-16(22(23,24)25)3-8-20(19)28-9-11-31-12-10-28/h3-8,13-14H,9-12H2,1-2H3,(H,26,29)(H,27,30). The van der Waals surface area contributed by atoms with E-state index in [1.165, 1.54) is 24.8 Å². The first-order valence-electron chi connectivity index (χ1n) is 10.0. The van der Waals surface area contributed by atoms with Gasteiger partial charge in [-0.25, -0.2) is 0 Å². The van der Waals surface area contributed by atoms with Gasteiger partial charge in [0.05, 0.1) is 35.4 Å². The first kappa shape index (κ1) is 23.9. The summed E-state index contributed by atoms with van der Waals surface area (Å²) in [5.74, 6) is -0.593. The highest BCUT2D eigenvalue weighted by atomic mass is 32.2. The zero-order valence-corrected chi connectivity index (χ0v) is 18.5. The van der Waals surface area contributed by atoms with Gasteiger partial charge in [0.25, 0.3) is 0 Å². The fourth-order valence-electron chi connectivity index (χ4n) is 3.20. The number of benzene rings is 2. The second-order valence-electron chi connectivity index (χ2n) is 7.28. The van der Waals surface area contributed by atoms with Crippen LogP contribution in [0, 0.1) is 0 Å². The van der Waals surface area contributed by atoms with Crippen LogP contribution in [-0.4, -0.2) is 43.4 Å². The number of halogens is 3. The minimum absolute atomic E-state index is 0.125. The molecule has 2 amide bonds. The lowest BCUT2D eigenvalue weighted by atomic mass is 10.1. The topological polar surface area (TPSA) is 70.7 Å². The van der Waals surface area contributed by atoms with E-state index < -0.39 is 22.9 Å². The van der Waals surface area contributed by atoms with Gasteiger partial charge < -0.3 is 20.3 Å². The Bertz CT molecular complexity index is 961. The SMILES string of the molecule is CC(=O)Nc1ccc(SC(C)C(=O)Nc2cc(C(F)(F)F)ccc2N2CCOCC2)cc1. The Morgan fingerprint density at radius 1 is 1.06 bits per heavy atom. The molecule has 1 aliphatic rings. The molecule has 1 aliphatic heterocycles. The number of morpholine rings is 1. The average molecular weight is 468 g/mol. The van der Waals surface area contributed by atoms with Crippen LogP contribution < -0.4 is 15.5 Å². The summed E-state index contributed by atoms with van der Waals surface area (Å²) in [4.78, 5) is 26.6. The Balaban J connectivity index is 1.75. The average Bonchev–Trinajstić information content (AvgIpc) is 2.74. The third-order valence-electron chi connectivity index (χ3n) is 4.79. The van der Waals surface area contributed by atoms with Gasteiger partial charge >= 0.3 is 6.18 Å². The molecule has 0 radical (unpaired) electrons. The summed E-state index contributed by atoms with van der Waals surface area (Å²) in [6.07, 6.45) is -4.51. The molecule has 0 aromatic heterocycles. The molecule has 6 nitrogen and oxygen atoms in total. The van der Waals surface area contributed by atoms with Gasteiger partial charge in [0.1, 0.15) is 0 Å². The summed E-state index contributed by atoms with van der Waals surface area (Å²) in [5, 5.41) is 4.78. The number of nitrogens with zero attached hydrogens (tertiary/aromatic N) is 1. The van der Waals surface area contributed by atoms with Gasteiger partial charge in [0, 0.05) is 30.6 Å². The predicted molar refractivity (Wildman–Crippen MR) is 119 cm³/mol. The number of alkyl halides is 3. The monoisotopic (exact) mass is 467 g/mol. The van der Waals surface area contributed by atoms with Crippen molar-refractivity contribution >= 4 is 40.6 Å². The predicted octanol–water partition coefficient (Wildman–Crippen LogP) is 4.62. The minimum atomic E-state index is -4.51. The second kappa shape index (κ2) is 10.3. The molecule has 1 unspecified atom stereocenters. The first-order valence-corrected chi connectivity index (χ1v) is 10.9. The Morgan fingerprint density at radius 2 is 1.72 bits per heavy atom. The number of ether oxygens (including phenoxy) is 1. The highest BCUT2D eigenvalue weighted by Crippen LogP contribution is 2.36. The lowest BCUT2D eigenvalue weighted by Crippen LogP contribution is -2.37. The summed E-state index contributed by atoms with van der Waals surface area (Å²) in [6.45, 7) is 5.08. The number of hydrogen-bond donors (Lipinski definition) is 2. The number of hydrogen-bond acceptors (Lipinski definition) is 5. The molecular formula is C22H24F3N3O3S. The molecule has 32 heavy (non-hydrogen) atoms. The van der Waals surface area contributed by atoms with Crippen molar-refractivity contribution in [1.29, 1.82) is 0 Å². The number of anilines is 3. The maximum atomic E-state index is 13.3. The number of carbonyl (C=O) groups excluding carboxylic acids is 2. The maximum Gasteiger partial charge on any atom is 0.416 e. The van der Waals surface area contributed by atoms with E-state index in [4.69, 9.17) is 4.74 Å². The summed E-state index contributed by atoms with van der Waals surface area (Å²) >= 11 is 1.27. The van der Waals surface area contributed by atoms with Crippen LogP contribution in [0.25, 0.3) is 0 Å². The van der Waals surface area contributed by atoms with Crippen LogP contribution in [0.1, 0.15) is 19.4 Å². The van der Waals surface area contributed by atoms with E-state index >= 15 is 0 Å². The summed E-state index contributed by atoms with van der Waals surface area (Å²) in [6, 6.07) is 10.4. The number of carbonyl (C=O) groups is 2. The van der Waals surface area contributed by atoms with Crippen LogP contribution >= 0.6 is 11.8 Å². The maximum absolute atomic E-state index is 13.3. The van der Waals surface area contributed by atoms with Crippen LogP contribution in [0.5, 0.6) is 0 Å². The van der Waals surface area contributed by atoms with Crippen molar-refractivity contribution in [3.05, 3.63) is 48.0 Å². The zero-order valence-electron chi connectivity index (χ0n) is 17.7. The molecule has 2 aromatic carbocycles. The summed E-state index contributed by atoms with van der Waals surface area (Å²) in [7, 11) is 0. The van der Waals surface area contributed by atoms with E-state index in [1.807, 2.05) is 4.90 Å². The highest BCUT2D eigenvalue weighted by molar-refractivity contribution is 8.00. The molecule has 0 saturated carbocycles. The smallest absolute Gasteiger partial charge is 0.378 e. The molecule has 10 heteroatoms. The van der Waals surface area contributed by atoms with Crippen molar-refractivity contribution in [3.8, 4) is 0 Å². The second-order valence-corrected chi connectivity index (χ2v) is 8.70. The Kier molecular flexibility index (Phi) is 7.68. The van der Waals surface area contributed by atoms with E-state index in [1.54, 1.807) is 31.2 Å². The van der Waals surface area contributed by atoms with E-state index in [2.05, 4.69) is 10.6 Å². The first-order chi connectivity index (χ1) is 15.1. The van der Waals surface area contributed by atoms with Gasteiger partial charge in [-0.2, -0.15) is 13.2 Å². The quantitative estimate of drug-likeness (QED) is 0.607. The minimum Gasteiger partial charge on any atom is -0.378 e. The van der Waals surface area contributed by atoms with Gasteiger partial charge in [-0.05, 0) is 49.4 Å². The lowest BCUT2D eigenvalue weighted by Gasteiger charge is -2.31. The molecule has 172 valence electrons. The highest BCUT2D eigenvalue weighted by Gasteiger charge is 2.32.